The smallest absolute Gasteiger partial charge is 0.152 e. The van der Waals surface area contributed by atoms with E-state index in [2.05, 4.69) is 26.1 Å². The van der Waals surface area contributed by atoms with Gasteiger partial charge in [0.05, 0.1) is 11.0 Å². The summed E-state index contributed by atoms with van der Waals surface area (Å²) in [6.07, 6.45) is 0.741. The number of nitrogens with one attached hydrogen (secondary N) is 1. The first-order valence-electron chi connectivity index (χ1n) is 5.97. The standard InChI is InChI=1S/C12H27NO2S/c1-10(2)16(14,15)8-7-11(9-13-6)12(3,4)5/h10-11,13H,7-9H2,1-6H3. The first-order valence-corrected chi connectivity index (χ1v) is 7.69. The highest BCUT2D eigenvalue weighted by molar-refractivity contribution is 7.91. The van der Waals surface area contributed by atoms with Crippen molar-refractivity contribution < 1.29 is 8.42 Å². The number of sulfone groups is 1. The fraction of sp³-hybridized carbons (Fsp3) is 1.00. The van der Waals surface area contributed by atoms with Crippen molar-refractivity contribution in [2.24, 2.45) is 11.3 Å². The van der Waals surface area contributed by atoms with Crippen LogP contribution in [0.1, 0.15) is 41.0 Å². The molecular weight excluding hydrogens is 222 g/mol. The molecule has 0 aliphatic carbocycles. The molecule has 0 amide bonds. The summed E-state index contributed by atoms with van der Waals surface area (Å²) in [5, 5.41) is 2.88. The molecule has 0 saturated carbocycles. The molecule has 4 heteroatoms. The summed E-state index contributed by atoms with van der Waals surface area (Å²) in [6.45, 7) is 10.9. The lowest BCUT2D eigenvalue weighted by Crippen LogP contribution is -2.32. The summed E-state index contributed by atoms with van der Waals surface area (Å²) in [6, 6.07) is 0. The van der Waals surface area contributed by atoms with E-state index in [-0.39, 0.29) is 10.7 Å². The fourth-order valence-corrected chi connectivity index (χ4v) is 2.71. The van der Waals surface area contributed by atoms with Crippen LogP contribution in [0, 0.1) is 11.3 Å². The zero-order chi connectivity index (χ0) is 13.0. The third-order valence-electron chi connectivity index (χ3n) is 3.14. The Morgan fingerprint density at radius 2 is 1.69 bits per heavy atom. The molecule has 0 spiro atoms. The van der Waals surface area contributed by atoms with Crippen LogP contribution in [-0.2, 0) is 9.84 Å². The van der Waals surface area contributed by atoms with E-state index < -0.39 is 9.84 Å². The maximum Gasteiger partial charge on any atom is 0.152 e. The zero-order valence-electron chi connectivity index (χ0n) is 11.5. The van der Waals surface area contributed by atoms with E-state index in [1.54, 1.807) is 13.8 Å². The molecule has 0 aromatic heterocycles. The van der Waals surface area contributed by atoms with Crippen LogP contribution >= 0.6 is 0 Å². The first kappa shape index (κ1) is 15.9. The van der Waals surface area contributed by atoms with Gasteiger partial charge in [0.2, 0.25) is 0 Å². The lowest BCUT2D eigenvalue weighted by Gasteiger charge is -2.30. The third-order valence-corrected chi connectivity index (χ3v) is 5.39. The lowest BCUT2D eigenvalue weighted by atomic mass is 9.79. The van der Waals surface area contributed by atoms with E-state index in [1.165, 1.54) is 0 Å². The second-order valence-electron chi connectivity index (χ2n) is 5.83. The minimum Gasteiger partial charge on any atom is -0.319 e. The van der Waals surface area contributed by atoms with Crippen molar-refractivity contribution >= 4 is 9.84 Å². The summed E-state index contributed by atoms with van der Waals surface area (Å²) in [4.78, 5) is 0. The highest BCUT2D eigenvalue weighted by Gasteiger charge is 2.26. The molecule has 0 heterocycles. The summed E-state index contributed by atoms with van der Waals surface area (Å²) in [5.74, 6) is 0.694. The van der Waals surface area contributed by atoms with Crippen molar-refractivity contribution in [1.82, 2.24) is 5.32 Å². The van der Waals surface area contributed by atoms with Crippen LogP contribution in [0.4, 0.5) is 0 Å². The lowest BCUT2D eigenvalue weighted by molar-refractivity contribution is 0.230. The Morgan fingerprint density at radius 3 is 2.00 bits per heavy atom. The predicted molar refractivity (Wildman–Crippen MR) is 70.4 cm³/mol. The SMILES string of the molecule is CNCC(CCS(=O)(=O)C(C)C)C(C)(C)C. The third kappa shape index (κ3) is 5.30. The molecule has 0 rings (SSSR count). The molecule has 0 aromatic rings. The van der Waals surface area contributed by atoms with Crippen molar-refractivity contribution in [2.75, 3.05) is 19.3 Å². The first-order chi connectivity index (χ1) is 7.11. The Bertz CT molecular complexity index is 289. The molecule has 0 aliphatic rings. The number of rotatable bonds is 6. The monoisotopic (exact) mass is 249 g/mol. The minimum atomic E-state index is -2.90. The van der Waals surface area contributed by atoms with Crippen LogP contribution in [0.15, 0.2) is 0 Å². The summed E-state index contributed by atoms with van der Waals surface area (Å²) in [7, 11) is -0.987. The van der Waals surface area contributed by atoms with Crippen molar-refractivity contribution in [1.29, 1.82) is 0 Å². The molecule has 0 bridgehead atoms. The highest BCUT2D eigenvalue weighted by Crippen LogP contribution is 2.28. The molecule has 0 fully saturated rings. The molecular formula is C12H27NO2S. The van der Waals surface area contributed by atoms with Gasteiger partial charge in [0.15, 0.2) is 9.84 Å². The van der Waals surface area contributed by atoms with Gasteiger partial charge >= 0.3 is 0 Å². The maximum absolute atomic E-state index is 11.7. The van der Waals surface area contributed by atoms with Crippen molar-refractivity contribution in [3.05, 3.63) is 0 Å². The Kier molecular flexibility index (Phi) is 5.98. The van der Waals surface area contributed by atoms with Gasteiger partial charge in [-0.25, -0.2) is 8.42 Å². The Hall–Kier alpha value is -0.0900. The van der Waals surface area contributed by atoms with Crippen LogP contribution in [-0.4, -0.2) is 33.0 Å². The van der Waals surface area contributed by atoms with E-state index in [9.17, 15) is 8.42 Å². The Balaban J connectivity index is 4.46. The molecule has 0 radical (unpaired) electrons. The van der Waals surface area contributed by atoms with Gasteiger partial charge in [-0.3, -0.25) is 0 Å². The van der Waals surface area contributed by atoms with Gasteiger partial charge in [-0.1, -0.05) is 20.8 Å². The largest absolute Gasteiger partial charge is 0.319 e. The quantitative estimate of drug-likeness (QED) is 0.784. The molecule has 16 heavy (non-hydrogen) atoms. The summed E-state index contributed by atoms with van der Waals surface area (Å²) < 4.78 is 23.5. The fourth-order valence-electron chi connectivity index (χ4n) is 1.63. The van der Waals surface area contributed by atoms with Crippen molar-refractivity contribution in [2.45, 2.75) is 46.3 Å². The molecule has 0 saturated heterocycles. The van der Waals surface area contributed by atoms with Crippen LogP contribution in [0.2, 0.25) is 0 Å². The molecule has 1 unspecified atom stereocenters. The molecule has 3 nitrogen and oxygen atoms in total. The summed E-state index contributed by atoms with van der Waals surface area (Å²) in [5.41, 5.74) is 0.148. The van der Waals surface area contributed by atoms with E-state index in [1.807, 2.05) is 7.05 Å². The normalized spacial score (nSPS) is 15.4. The maximum atomic E-state index is 11.7. The van der Waals surface area contributed by atoms with E-state index >= 15 is 0 Å². The second-order valence-corrected chi connectivity index (χ2v) is 8.50. The molecule has 1 atom stereocenters. The van der Waals surface area contributed by atoms with Gasteiger partial charge in [0, 0.05) is 0 Å². The number of hydrogen-bond donors (Lipinski definition) is 1. The number of hydrogen-bond acceptors (Lipinski definition) is 3. The van der Waals surface area contributed by atoms with E-state index in [4.69, 9.17) is 0 Å². The zero-order valence-corrected chi connectivity index (χ0v) is 12.3. The van der Waals surface area contributed by atoms with Gasteiger partial charge in [-0.15, -0.1) is 0 Å². The van der Waals surface area contributed by atoms with Crippen molar-refractivity contribution in [3.63, 3.8) is 0 Å². The van der Waals surface area contributed by atoms with E-state index in [0.717, 1.165) is 13.0 Å². The van der Waals surface area contributed by atoms with Gasteiger partial charge in [0.25, 0.3) is 0 Å². The Labute approximate surface area is 101 Å². The summed E-state index contributed by atoms with van der Waals surface area (Å²) >= 11 is 0. The van der Waals surface area contributed by atoms with Crippen LogP contribution in [0.5, 0.6) is 0 Å². The topological polar surface area (TPSA) is 46.2 Å². The average molecular weight is 249 g/mol. The Morgan fingerprint density at radius 1 is 1.19 bits per heavy atom. The highest BCUT2D eigenvalue weighted by atomic mass is 32.2. The van der Waals surface area contributed by atoms with Crippen LogP contribution in [0.3, 0.4) is 0 Å². The van der Waals surface area contributed by atoms with E-state index in [0.29, 0.717) is 11.7 Å². The molecule has 1 N–H and O–H groups in total. The predicted octanol–water partition coefficient (Wildman–Crippen LogP) is 2.08. The average Bonchev–Trinajstić information content (AvgIpc) is 2.09. The molecule has 0 aliphatic heterocycles. The van der Waals surface area contributed by atoms with Gasteiger partial charge in [-0.05, 0) is 45.2 Å². The minimum absolute atomic E-state index is 0.148. The van der Waals surface area contributed by atoms with Crippen LogP contribution < -0.4 is 5.32 Å². The molecule has 0 aromatic carbocycles. The van der Waals surface area contributed by atoms with Gasteiger partial charge in [0.1, 0.15) is 0 Å². The second kappa shape index (κ2) is 6.01. The van der Waals surface area contributed by atoms with Gasteiger partial charge in [-0.2, -0.15) is 0 Å². The van der Waals surface area contributed by atoms with Crippen molar-refractivity contribution in [3.8, 4) is 0 Å². The van der Waals surface area contributed by atoms with Crippen LogP contribution in [0.25, 0.3) is 0 Å². The van der Waals surface area contributed by atoms with Gasteiger partial charge < -0.3 is 5.32 Å². The molecule has 98 valence electrons.